The number of ether oxygens (including phenoxy) is 1. The maximum atomic E-state index is 10.6. The van der Waals surface area contributed by atoms with Crippen LogP contribution >= 0.6 is 0 Å². The number of hydrogen-bond acceptors (Lipinski definition) is 4. The average Bonchev–Trinajstić information content (AvgIpc) is 2.64. The summed E-state index contributed by atoms with van der Waals surface area (Å²) in [6.07, 6.45) is 0.207. The summed E-state index contributed by atoms with van der Waals surface area (Å²) < 4.78 is 5.68. The number of aromatic nitrogens is 1. The minimum Gasteiger partial charge on any atom is -0.388 e. The molecule has 4 heteroatoms. The molecule has 2 heterocycles. The molecule has 1 aromatic carbocycles. The summed E-state index contributed by atoms with van der Waals surface area (Å²) in [6.45, 7) is 7.41. The number of nitrogens with zero attached hydrogens (tertiary/aromatic N) is 2. The molecule has 2 unspecified atom stereocenters. The molecule has 0 radical (unpaired) electrons. The highest BCUT2D eigenvalue weighted by atomic mass is 16.5. The molecule has 4 nitrogen and oxygen atoms in total. The Morgan fingerprint density at radius 1 is 1.16 bits per heavy atom. The van der Waals surface area contributed by atoms with E-state index in [1.165, 1.54) is 0 Å². The van der Waals surface area contributed by atoms with E-state index in [1.807, 2.05) is 30.3 Å². The van der Waals surface area contributed by atoms with E-state index < -0.39 is 6.10 Å². The first kappa shape index (κ1) is 18.1. The van der Waals surface area contributed by atoms with Gasteiger partial charge in [0.2, 0.25) is 0 Å². The van der Waals surface area contributed by atoms with Gasteiger partial charge >= 0.3 is 0 Å². The molecule has 1 fully saturated rings. The van der Waals surface area contributed by atoms with Crippen LogP contribution in [-0.2, 0) is 11.3 Å². The van der Waals surface area contributed by atoms with Crippen LogP contribution in [-0.4, -0.2) is 40.8 Å². The lowest BCUT2D eigenvalue weighted by Gasteiger charge is -2.36. The van der Waals surface area contributed by atoms with Gasteiger partial charge in [0, 0.05) is 24.8 Å². The zero-order valence-corrected chi connectivity index (χ0v) is 15.1. The van der Waals surface area contributed by atoms with Crippen molar-refractivity contribution in [2.45, 2.75) is 44.9 Å². The van der Waals surface area contributed by atoms with Crippen molar-refractivity contribution in [3.05, 3.63) is 65.5 Å². The summed E-state index contributed by atoms with van der Waals surface area (Å²) in [5.74, 6) is 0.431. The molecule has 1 aliphatic rings. The smallest absolute Gasteiger partial charge is 0.0805 e. The maximum absolute atomic E-state index is 10.6. The van der Waals surface area contributed by atoms with Gasteiger partial charge in [-0.15, -0.1) is 0 Å². The van der Waals surface area contributed by atoms with Gasteiger partial charge in [-0.25, -0.2) is 0 Å². The fraction of sp³-hybridized carbons (Fsp3) is 0.476. The fourth-order valence-corrected chi connectivity index (χ4v) is 3.30. The van der Waals surface area contributed by atoms with E-state index in [9.17, 15) is 5.11 Å². The summed E-state index contributed by atoms with van der Waals surface area (Å²) >= 11 is 0. The van der Waals surface area contributed by atoms with Crippen LogP contribution in [0, 0.1) is 0 Å². The minimum absolute atomic E-state index is 0.202. The SMILES string of the molecule is CC(C)c1cccc(CN2CCOCC2CC(O)c2ccccc2)n1. The lowest BCUT2D eigenvalue weighted by atomic mass is 10.0. The van der Waals surface area contributed by atoms with Crippen LogP contribution in [0.5, 0.6) is 0 Å². The third-order valence-corrected chi connectivity index (χ3v) is 4.81. The van der Waals surface area contributed by atoms with Gasteiger partial charge in [-0.1, -0.05) is 50.2 Å². The van der Waals surface area contributed by atoms with Crippen molar-refractivity contribution in [3.8, 4) is 0 Å². The largest absolute Gasteiger partial charge is 0.388 e. The molecule has 1 saturated heterocycles. The van der Waals surface area contributed by atoms with Gasteiger partial charge in [-0.2, -0.15) is 0 Å². The Balaban J connectivity index is 1.67. The van der Waals surface area contributed by atoms with Crippen molar-refractivity contribution in [2.24, 2.45) is 0 Å². The summed E-state index contributed by atoms with van der Waals surface area (Å²) in [7, 11) is 0. The van der Waals surface area contributed by atoms with Crippen molar-refractivity contribution >= 4 is 0 Å². The van der Waals surface area contributed by atoms with Crippen molar-refractivity contribution < 1.29 is 9.84 Å². The van der Waals surface area contributed by atoms with Crippen LogP contribution < -0.4 is 0 Å². The third kappa shape index (κ3) is 4.88. The summed E-state index contributed by atoms with van der Waals surface area (Å²) in [5.41, 5.74) is 3.19. The van der Waals surface area contributed by atoms with E-state index in [0.29, 0.717) is 18.9 Å². The molecule has 1 N–H and O–H groups in total. The van der Waals surface area contributed by atoms with Gasteiger partial charge in [-0.05, 0) is 30.0 Å². The number of hydrogen-bond donors (Lipinski definition) is 1. The third-order valence-electron chi connectivity index (χ3n) is 4.81. The Hall–Kier alpha value is -1.75. The molecule has 2 aromatic rings. The normalized spacial score (nSPS) is 19.9. The van der Waals surface area contributed by atoms with Gasteiger partial charge in [0.1, 0.15) is 0 Å². The number of pyridine rings is 1. The minimum atomic E-state index is -0.467. The molecular formula is C21H28N2O2. The van der Waals surface area contributed by atoms with E-state index in [2.05, 4.69) is 36.9 Å². The highest BCUT2D eigenvalue weighted by Gasteiger charge is 2.26. The van der Waals surface area contributed by atoms with E-state index >= 15 is 0 Å². The predicted molar refractivity (Wildman–Crippen MR) is 99.4 cm³/mol. The molecule has 1 aromatic heterocycles. The Kier molecular flexibility index (Phi) is 6.19. The summed E-state index contributed by atoms with van der Waals surface area (Å²) in [6, 6.07) is 16.3. The molecule has 3 rings (SSSR count). The van der Waals surface area contributed by atoms with Crippen LogP contribution in [0.4, 0.5) is 0 Å². The lowest BCUT2D eigenvalue weighted by Crippen LogP contribution is -2.45. The van der Waals surface area contributed by atoms with Crippen LogP contribution in [0.15, 0.2) is 48.5 Å². The monoisotopic (exact) mass is 340 g/mol. The first-order chi connectivity index (χ1) is 12.1. The second-order valence-electron chi connectivity index (χ2n) is 7.07. The van der Waals surface area contributed by atoms with Crippen LogP contribution in [0.3, 0.4) is 0 Å². The Morgan fingerprint density at radius 3 is 2.72 bits per heavy atom. The molecule has 0 spiro atoms. The second-order valence-corrected chi connectivity index (χ2v) is 7.07. The molecule has 1 aliphatic heterocycles. The van der Waals surface area contributed by atoms with Gasteiger partial charge < -0.3 is 9.84 Å². The second kappa shape index (κ2) is 8.56. The Morgan fingerprint density at radius 2 is 1.96 bits per heavy atom. The van der Waals surface area contributed by atoms with E-state index in [0.717, 1.165) is 36.6 Å². The van der Waals surface area contributed by atoms with E-state index in [1.54, 1.807) is 0 Å². The van der Waals surface area contributed by atoms with Gasteiger partial charge in [0.25, 0.3) is 0 Å². The number of benzene rings is 1. The fourth-order valence-electron chi connectivity index (χ4n) is 3.30. The van der Waals surface area contributed by atoms with Gasteiger partial charge in [0.15, 0.2) is 0 Å². The zero-order chi connectivity index (χ0) is 17.6. The molecule has 0 bridgehead atoms. The van der Waals surface area contributed by atoms with Crippen molar-refractivity contribution in [1.82, 2.24) is 9.88 Å². The zero-order valence-electron chi connectivity index (χ0n) is 15.1. The molecule has 0 saturated carbocycles. The van der Waals surface area contributed by atoms with Gasteiger partial charge in [0.05, 0.1) is 25.0 Å². The van der Waals surface area contributed by atoms with Crippen LogP contribution in [0.1, 0.15) is 49.2 Å². The number of morpholine rings is 1. The van der Waals surface area contributed by atoms with E-state index in [4.69, 9.17) is 9.72 Å². The molecule has 2 atom stereocenters. The van der Waals surface area contributed by atoms with Crippen molar-refractivity contribution in [2.75, 3.05) is 19.8 Å². The highest BCUT2D eigenvalue weighted by Crippen LogP contribution is 2.24. The van der Waals surface area contributed by atoms with Crippen LogP contribution in [0.2, 0.25) is 0 Å². The summed E-state index contributed by atoms with van der Waals surface area (Å²) in [5, 5.41) is 10.6. The first-order valence-corrected chi connectivity index (χ1v) is 9.14. The lowest BCUT2D eigenvalue weighted by molar-refractivity contribution is -0.0305. The highest BCUT2D eigenvalue weighted by molar-refractivity contribution is 5.18. The number of aliphatic hydroxyl groups excluding tert-OH is 1. The average molecular weight is 340 g/mol. The van der Waals surface area contributed by atoms with Crippen molar-refractivity contribution in [1.29, 1.82) is 0 Å². The molecular weight excluding hydrogens is 312 g/mol. The molecule has 134 valence electrons. The standard InChI is InChI=1S/C21H28N2O2/c1-16(2)20-10-6-9-18(22-20)14-23-11-12-25-15-19(23)13-21(24)17-7-4-3-5-8-17/h3-10,16,19,21,24H,11-15H2,1-2H3. The van der Waals surface area contributed by atoms with Gasteiger partial charge in [-0.3, -0.25) is 9.88 Å². The topological polar surface area (TPSA) is 45.6 Å². The Bertz CT molecular complexity index is 660. The summed E-state index contributed by atoms with van der Waals surface area (Å²) in [4.78, 5) is 7.18. The quantitative estimate of drug-likeness (QED) is 0.874. The molecule has 0 aliphatic carbocycles. The number of rotatable bonds is 6. The predicted octanol–water partition coefficient (Wildman–Crippen LogP) is 3.53. The van der Waals surface area contributed by atoms with Crippen LogP contribution in [0.25, 0.3) is 0 Å². The Labute approximate surface area is 150 Å². The first-order valence-electron chi connectivity index (χ1n) is 9.14. The maximum Gasteiger partial charge on any atom is 0.0805 e. The van der Waals surface area contributed by atoms with Crippen molar-refractivity contribution in [3.63, 3.8) is 0 Å². The van der Waals surface area contributed by atoms with E-state index in [-0.39, 0.29) is 6.04 Å². The number of aliphatic hydroxyl groups is 1. The molecule has 25 heavy (non-hydrogen) atoms. The molecule has 0 amide bonds.